The lowest BCUT2D eigenvalue weighted by Crippen LogP contribution is -2.48. The Bertz CT molecular complexity index is 965. The Morgan fingerprint density at radius 2 is 2.00 bits per heavy atom. The molecule has 1 amide bonds. The van der Waals surface area contributed by atoms with E-state index >= 15 is 0 Å². The Balaban J connectivity index is 1.59. The van der Waals surface area contributed by atoms with Crippen molar-refractivity contribution in [1.82, 2.24) is 14.3 Å². The van der Waals surface area contributed by atoms with Gasteiger partial charge in [0.05, 0.1) is 12.5 Å². The highest BCUT2D eigenvalue weighted by molar-refractivity contribution is 7.88. The van der Waals surface area contributed by atoms with Gasteiger partial charge >= 0.3 is 0 Å². The van der Waals surface area contributed by atoms with E-state index in [4.69, 9.17) is 0 Å². The molecular formula is C15H18FN5O3S2. The first-order chi connectivity index (χ1) is 12.3. The predicted molar refractivity (Wildman–Crippen MR) is 97.4 cm³/mol. The number of aromatic nitrogens is 2. The van der Waals surface area contributed by atoms with Crippen LogP contribution in [0, 0.1) is 11.7 Å². The van der Waals surface area contributed by atoms with Crippen molar-refractivity contribution in [3.8, 4) is 0 Å². The highest BCUT2D eigenvalue weighted by Crippen LogP contribution is 2.36. The molecule has 1 N–H and O–H groups in total. The Hall–Kier alpha value is -1.85. The smallest absolute Gasteiger partial charge is 0.228 e. The van der Waals surface area contributed by atoms with E-state index in [9.17, 15) is 17.6 Å². The molecule has 2 aliphatic rings. The van der Waals surface area contributed by atoms with Gasteiger partial charge in [-0.25, -0.2) is 22.8 Å². The summed E-state index contributed by atoms with van der Waals surface area (Å²) in [4.78, 5) is 22.3. The fourth-order valence-corrected chi connectivity index (χ4v) is 4.77. The van der Waals surface area contributed by atoms with Crippen LogP contribution in [0.5, 0.6) is 0 Å². The van der Waals surface area contributed by atoms with Crippen molar-refractivity contribution in [3.05, 3.63) is 12.0 Å². The molecule has 1 saturated carbocycles. The Morgan fingerprint density at radius 3 is 2.62 bits per heavy atom. The number of rotatable bonds is 4. The van der Waals surface area contributed by atoms with Gasteiger partial charge in [0.1, 0.15) is 10.2 Å². The maximum Gasteiger partial charge on any atom is 0.228 e. The summed E-state index contributed by atoms with van der Waals surface area (Å²) in [6, 6.07) is 0. The number of hydrogen-bond donors (Lipinski definition) is 1. The van der Waals surface area contributed by atoms with Gasteiger partial charge in [0.25, 0.3) is 0 Å². The van der Waals surface area contributed by atoms with E-state index in [0.717, 1.165) is 19.0 Å². The van der Waals surface area contributed by atoms with Crippen LogP contribution < -0.4 is 10.2 Å². The number of carbonyl (C=O) groups excluding carboxylic acids is 1. The second-order valence-electron chi connectivity index (χ2n) is 6.54. The molecule has 2 fully saturated rings. The zero-order valence-electron chi connectivity index (χ0n) is 14.1. The van der Waals surface area contributed by atoms with Crippen LogP contribution in [-0.4, -0.2) is 61.0 Å². The molecular weight excluding hydrogens is 381 g/mol. The predicted octanol–water partition coefficient (Wildman–Crippen LogP) is 1.26. The first-order valence-corrected chi connectivity index (χ1v) is 11.0. The summed E-state index contributed by atoms with van der Waals surface area (Å²) < 4.78 is 39.3. The Morgan fingerprint density at radius 1 is 1.31 bits per heavy atom. The number of halogens is 1. The minimum absolute atomic E-state index is 0.0216. The van der Waals surface area contributed by atoms with Crippen molar-refractivity contribution < 1.29 is 17.6 Å². The van der Waals surface area contributed by atoms with Crippen molar-refractivity contribution in [2.75, 3.05) is 42.7 Å². The van der Waals surface area contributed by atoms with Crippen LogP contribution in [0.2, 0.25) is 0 Å². The van der Waals surface area contributed by atoms with Crippen molar-refractivity contribution in [2.45, 2.75) is 12.8 Å². The van der Waals surface area contributed by atoms with Gasteiger partial charge in [-0.3, -0.25) is 4.79 Å². The number of hydrogen-bond acceptors (Lipinski definition) is 7. The molecule has 11 heteroatoms. The van der Waals surface area contributed by atoms with Crippen LogP contribution in [0.1, 0.15) is 12.8 Å². The number of carbonyl (C=O) groups is 1. The van der Waals surface area contributed by atoms with Gasteiger partial charge in [-0.15, -0.1) is 0 Å². The van der Waals surface area contributed by atoms with Crippen LogP contribution in [0.25, 0.3) is 10.2 Å². The van der Waals surface area contributed by atoms with Crippen LogP contribution in [0.15, 0.2) is 6.20 Å². The quantitative estimate of drug-likeness (QED) is 0.832. The Labute approximate surface area is 154 Å². The molecule has 1 aliphatic carbocycles. The molecule has 0 bridgehead atoms. The SMILES string of the molecule is CS(=O)(=O)N1CCN(c2nc3c(F)cnc(NC(=O)C4CC4)c3s2)CC1. The minimum atomic E-state index is -3.21. The largest absolute Gasteiger partial charge is 0.345 e. The number of amides is 1. The number of piperazine rings is 1. The molecule has 0 radical (unpaired) electrons. The average Bonchev–Trinajstić information content (AvgIpc) is 3.35. The van der Waals surface area contributed by atoms with Crippen LogP contribution >= 0.6 is 11.3 Å². The third-order valence-electron chi connectivity index (χ3n) is 4.53. The van der Waals surface area contributed by atoms with Gasteiger partial charge in [-0.05, 0) is 12.8 Å². The molecule has 0 atom stereocenters. The van der Waals surface area contributed by atoms with Gasteiger partial charge in [-0.1, -0.05) is 11.3 Å². The summed E-state index contributed by atoms with van der Waals surface area (Å²) in [6.07, 6.45) is 4.00. The maximum absolute atomic E-state index is 14.1. The van der Waals surface area contributed by atoms with Gasteiger partial charge in [0.15, 0.2) is 16.8 Å². The highest BCUT2D eigenvalue weighted by atomic mass is 32.2. The third kappa shape index (κ3) is 3.38. The Kier molecular flexibility index (Phi) is 4.32. The maximum atomic E-state index is 14.1. The summed E-state index contributed by atoms with van der Waals surface area (Å²) in [7, 11) is -3.21. The molecule has 0 spiro atoms. The fraction of sp³-hybridized carbons (Fsp3) is 0.533. The lowest BCUT2D eigenvalue weighted by Gasteiger charge is -2.32. The van der Waals surface area contributed by atoms with Crippen molar-refractivity contribution in [3.63, 3.8) is 0 Å². The first-order valence-electron chi connectivity index (χ1n) is 8.29. The van der Waals surface area contributed by atoms with Gasteiger partial charge < -0.3 is 10.2 Å². The molecule has 3 heterocycles. The molecule has 8 nitrogen and oxygen atoms in total. The number of nitrogens with one attached hydrogen (secondary N) is 1. The number of nitrogens with zero attached hydrogens (tertiary/aromatic N) is 4. The molecule has 2 aromatic heterocycles. The van der Waals surface area contributed by atoms with E-state index in [0.29, 0.717) is 41.8 Å². The van der Waals surface area contributed by atoms with Crippen molar-refractivity contribution in [2.24, 2.45) is 5.92 Å². The van der Waals surface area contributed by atoms with E-state index in [2.05, 4.69) is 15.3 Å². The minimum Gasteiger partial charge on any atom is -0.345 e. The average molecular weight is 399 g/mol. The summed E-state index contributed by atoms with van der Waals surface area (Å²) in [5, 5.41) is 3.36. The van der Waals surface area contributed by atoms with Crippen molar-refractivity contribution >= 4 is 48.4 Å². The topological polar surface area (TPSA) is 95.5 Å². The number of sulfonamides is 1. The molecule has 2 aromatic rings. The summed E-state index contributed by atoms with van der Waals surface area (Å²) in [5.74, 6) is -0.283. The molecule has 4 rings (SSSR count). The monoisotopic (exact) mass is 399 g/mol. The van der Waals surface area contributed by atoms with E-state index in [1.165, 1.54) is 21.9 Å². The zero-order valence-corrected chi connectivity index (χ0v) is 15.7. The van der Waals surface area contributed by atoms with Crippen molar-refractivity contribution in [1.29, 1.82) is 0 Å². The van der Waals surface area contributed by atoms with E-state index in [-0.39, 0.29) is 17.3 Å². The number of thiazole rings is 1. The summed E-state index contributed by atoms with van der Waals surface area (Å²) in [6.45, 7) is 1.68. The fourth-order valence-electron chi connectivity index (χ4n) is 2.87. The van der Waals surface area contributed by atoms with Crippen LogP contribution in [-0.2, 0) is 14.8 Å². The summed E-state index contributed by atoms with van der Waals surface area (Å²) in [5.41, 5.74) is 0.177. The van der Waals surface area contributed by atoms with Gasteiger partial charge in [-0.2, -0.15) is 4.31 Å². The zero-order chi connectivity index (χ0) is 18.5. The van der Waals surface area contributed by atoms with Gasteiger partial charge in [0, 0.05) is 32.1 Å². The van der Waals surface area contributed by atoms with E-state index in [1.54, 1.807) is 0 Å². The lowest BCUT2D eigenvalue weighted by molar-refractivity contribution is -0.117. The molecule has 26 heavy (non-hydrogen) atoms. The van der Waals surface area contributed by atoms with E-state index in [1.807, 2.05) is 4.90 Å². The molecule has 1 saturated heterocycles. The number of pyridine rings is 1. The molecule has 140 valence electrons. The molecule has 1 aliphatic heterocycles. The van der Waals surface area contributed by atoms with E-state index < -0.39 is 15.8 Å². The number of fused-ring (bicyclic) bond motifs is 1. The van der Waals surface area contributed by atoms with Gasteiger partial charge in [0.2, 0.25) is 15.9 Å². The number of anilines is 2. The second-order valence-corrected chi connectivity index (χ2v) is 9.50. The summed E-state index contributed by atoms with van der Waals surface area (Å²) >= 11 is 1.26. The standard InChI is InChI=1S/C15H18FN5O3S2/c1-26(23,24)21-6-4-20(5-7-21)15-18-11-10(16)8-17-13(12(11)25-15)19-14(22)9-2-3-9/h8-9H,2-7H2,1H3,(H,17,19,22). The molecule has 0 unspecified atom stereocenters. The first kappa shape index (κ1) is 17.6. The van der Waals surface area contributed by atoms with Crippen LogP contribution in [0.4, 0.5) is 15.3 Å². The van der Waals surface area contributed by atoms with Crippen LogP contribution in [0.3, 0.4) is 0 Å². The lowest BCUT2D eigenvalue weighted by atomic mass is 10.3. The highest BCUT2D eigenvalue weighted by Gasteiger charge is 2.31. The second kappa shape index (κ2) is 6.39. The third-order valence-corrected chi connectivity index (χ3v) is 6.96. The molecule has 0 aromatic carbocycles. The normalized spacial score (nSPS) is 19.1.